The molecule has 0 amide bonds. The third-order valence-corrected chi connectivity index (χ3v) is 4.59. The van der Waals surface area contributed by atoms with E-state index in [4.69, 9.17) is 4.74 Å². The summed E-state index contributed by atoms with van der Waals surface area (Å²) in [6.07, 6.45) is 7.64. The lowest BCUT2D eigenvalue weighted by Gasteiger charge is -2.18. The minimum atomic E-state index is -0.410. The van der Waals surface area contributed by atoms with Crippen LogP contribution in [0.2, 0.25) is 0 Å². The first-order valence-electron chi connectivity index (χ1n) is 8.36. The summed E-state index contributed by atoms with van der Waals surface area (Å²) in [5.74, 6) is -0.0215. The molecule has 5 nitrogen and oxygen atoms in total. The minimum Gasteiger partial charge on any atom is -0.452 e. The second kappa shape index (κ2) is 6.51. The Bertz CT molecular complexity index is 821. The largest absolute Gasteiger partial charge is 0.452 e. The average Bonchev–Trinajstić information content (AvgIpc) is 3.35. The van der Waals surface area contributed by atoms with Crippen LogP contribution >= 0.6 is 0 Å². The van der Waals surface area contributed by atoms with Crippen LogP contribution in [0.25, 0.3) is 0 Å². The predicted molar refractivity (Wildman–Crippen MR) is 92.7 cm³/mol. The Morgan fingerprint density at radius 1 is 1.16 bits per heavy atom. The fourth-order valence-electron chi connectivity index (χ4n) is 3.15. The molecule has 0 saturated heterocycles. The maximum Gasteiger partial charge on any atom is 0.310 e. The van der Waals surface area contributed by atoms with Gasteiger partial charge in [-0.1, -0.05) is 30.3 Å². The molecule has 0 N–H and O–H groups in total. The third-order valence-electron chi connectivity index (χ3n) is 4.59. The maximum absolute atomic E-state index is 12.7. The van der Waals surface area contributed by atoms with E-state index < -0.39 is 6.10 Å². The van der Waals surface area contributed by atoms with E-state index in [0.29, 0.717) is 0 Å². The topological polar surface area (TPSA) is 57.0 Å². The number of aryl methyl sites for hydroxylation is 1. The average molecular weight is 333 g/mol. The van der Waals surface area contributed by atoms with Gasteiger partial charge in [-0.2, -0.15) is 5.10 Å². The first-order chi connectivity index (χ1) is 12.2. The second-order valence-corrected chi connectivity index (χ2v) is 6.40. The summed E-state index contributed by atoms with van der Waals surface area (Å²) in [5.41, 5.74) is 2.98. The van der Waals surface area contributed by atoms with Gasteiger partial charge in [0.2, 0.25) is 0 Å². The lowest BCUT2D eigenvalue weighted by Crippen LogP contribution is -2.15. The minimum absolute atomic E-state index is 0.0859. The number of esters is 1. The molecule has 0 spiro atoms. The Labute approximate surface area is 146 Å². The predicted octanol–water partition coefficient (Wildman–Crippen LogP) is 3.25. The molecule has 4 rings (SSSR count). The number of rotatable bonds is 5. The molecule has 3 aromatic rings. The van der Waals surface area contributed by atoms with E-state index in [0.717, 1.165) is 23.1 Å². The van der Waals surface area contributed by atoms with Crippen molar-refractivity contribution < 1.29 is 9.53 Å². The van der Waals surface area contributed by atoms with Crippen LogP contribution in [-0.2, 0) is 16.6 Å². The van der Waals surface area contributed by atoms with Crippen molar-refractivity contribution in [3.8, 4) is 0 Å². The number of benzene rings is 1. The molecule has 1 aromatic carbocycles. The van der Waals surface area contributed by atoms with Crippen molar-refractivity contribution in [1.82, 2.24) is 14.8 Å². The Kier molecular flexibility index (Phi) is 4.06. The van der Waals surface area contributed by atoms with Gasteiger partial charge in [0.1, 0.15) is 0 Å². The Balaban J connectivity index is 1.52. The summed E-state index contributed by atoms with van der Waals surface area (Å²) < 4.78 is 7.67. The first-order valence-corrected chi connectivity index (χ1v) is 8.36. The van der Waals surface area contributed by atoms with E-state index in [-0.39, 0.29) is 17.8 Å². The standard InChI is InChI=1S/C20H19N3O2/c1-23-13-16(12-22-23)17-11-18(17)20(24)25-19(14-5-3-2-4-6-14)15-7-9-21-10-8-15/h2-10,12-13,17-19H,11H2,1H3/t17-,18-,19-/m0/s1. The molecule has 126 valence electrons. The van der Waals surface area contributed by atoms with Gasteiger partial charge >= 0.3 is 5.97 Å². The Morgan fingerprint density at radius 3 is 2.56 bits per heavy atom. The van der Waals surface area contributed by atoms with Gasteiger partial charge in [-0.3, -0.25) is 14.5 Å². The molecule has 1 aliphatic rings. The lowest BCUT2D eigenvalue weighted by atomic mass is 10.0. The van der Waals surface area contributed by atoms with Crippen molar-refractivity contribution in [1.29, 1.82) is 0 Å². The molecule has 0 unspecified atom stereocenters. The molecule has 2 heterocycles. The molecule has 25 heavy (non-hydrogen) atoms. The number of aromatic nitrogens is 3. The highest BCUT2D eigenvalue weighted by Gasteiger charge is 2.46. The summed E-state index contributed by atoms with van der Waals surface area (Å²) in [7, 11) is 1.88. The molecule has 0 radical (unpaired) electrons. The van der Waals surface area contributed by atoms with Crippen LogP contribution < -0.4 is 0 Å². The number of nitrogens with zero attached hydrogens (tertiary/aromatic N) is 3. The molecule has 1 fully saturated rings. The quantitative estimate of drug-likeness (QED) is 0.673. The number of hydrogen-bond acceptors (Lipinski definition) is 4. The van der Waals surface area contributed by atoms with Crippen molar-refractivity contribution in [2.45, 2.75) is 18.4 Å². The van der Waals surface area contributed by atoms with Crippen LogP contribution in [0, 0.1) is 5.92 Å². The van der Waals surface area contributed by atoms with E-state index in [1.165, 1.54) is 0 Å². The SMILES string of the molecule is Cn1cc([C@@H]2C[C@@H]2C(=O)O[C@@H](c2ccccc2)c2ccncc2)cn1. The van der Waals surface area contributed by atoms with Crippen molar-refractivity contribution in [2.75, 3.05) is 0 Å². The van der Waals surface area contributed by atoms with Gasteiger partial charge in [-0.15, -0.1) is 0 Å². The van der Waals surface area contributed by atoms with Crippen LogP contribution in [-0.4, -0.2) is 20.7 Å². The van der Waals surface area contributed by atoms with Crippen LogP contribution in [0.4, 0.5) is 0 Å². The summed E-state index contributed by atoms with van der Waals surface area (Å²) in [4.78, 5) is 16.7. The monoisotopic (exact) mass is 333 g/mol. The highest BCUT2D eigenvalue weighted by molar-refractivity contribution is 5.78. The van der Waals surface area contributed by atoms with Crippen molar-refractivity contribution in [2.24, 2.45) is 13.0 Å². The van der Waals surface area contributed by atoms with Crippen molar-refractivity contribution in [3.05, 3.63) is 83.9 Å². The van der Waals surface area contributed by atoms with Gasteiger partial charge in [-0.25, -0.2) is 0 Å². The Morgan fingerprint density at radius 2 is 1.88 bits per heavy atom. The summed E-state index contributed by atoms with van der Waals surface area (Å²) in [5, 5.41) is 4.19. The van der Waals surface area contributed by atoms with Gasteiger partial charge in [-0.05, 0) is 29.7 Å². The van der Waals surface area contributed by atoms with Gasteiger partial charge < -0.3 is 4.74 Å². The first kappa shape index (κ1) is 15.6. The van der Waals surface area contributed by atoms with E-state index in [1.807, 2.05) is 61.9 Å². The fraction of sp³-hybridized carbons (Fsp3) is 0.250. The van der Waals surface area contributed by atoms with E-state index in [1.54, 1.807) is 17.1 Å². The molecule has 2 aromatic heterocycles. The van der Waals surface area contributed by atoms with Crippen LogP contribution in [0.15, 0.2) is 67.3 Å². The molecule has 1 aliphatic carbocycles. The van der Waals surface area contributed by atoms with Gasteiger partial charge in [0, 0.05) is 37.1 Å². The summed E-state index contributed by atoms with van der Waals surface area (Å²) >= 11 is 0. The molecular weight excluding hydrogens is 314 g/mol. The van der Waals surface area contributed by atoms with E-state index in [2.05, 4.69) is 10.1 Å². The zero-order valence-corrected chi connectivity index (χ0v) is 13.9. The van der Waals surface area contributed by atoms with Crippen LogP contribution in [0.3, 0.4) is 0 Å². The van der Waals surface area contributed by atoms with Crippen LogP contribution in [0.1, 0.15) is 35.1 Å². The van der Waals surface area contributed by atoms with E-state index in [9.17, 15) is 4.79 Å². The molecule has 3 atom stereocenters. The normalized spacial score (nSPS) is 20.0. The highest BCUT2D eigenvalue weighted by atomic mass is 16.5. The highest BCUT2D eigenvalue weighted by Crippen LogP contribution is 2.48. The van der Waals surface area contributed by atoms with Gasteiger partial charge in [0.25, 0.3) is 0 Å². The number of hydrogen-bond donors (Lipinski definition) is 0. The van der Waals surface area contributed by atoms with E-state index >= 15 is 0 Å². The van der Waals surface area contributed by atoms with Crippen molar-refractivity contribution in [3.63, 3.8) is 0 Å². The number of carbonyl (C=O) groups is 1. The summed E-state index contributed by atoms with van der Waals surface area (Å²) in [6.45, 7) is 0. The zero-order chi connectivity index (χ0) is 17.2. The van der Waals surface area contributed by atoms with Crippen LogP contribution in [0.5, 0.6) is 0 Å². The summed E-state index contributed by atoms with van der Waals surface area (Å²) in [6, 6.07) is 13.6. The smallest absolute Gasteiger partial charge is 0.310 e. The maximum atomic E-state index is 12.7. The van der Waals surface area contributed by atoms with Crippen molar-refractivity contribution >= 4 is 5.97 Å². The Hall–Kier alpha value is -2.95. The van der Waals surface area contributed by atoms with Gasteiger partial charge in [0.05, 0.1) is 12.1 Å². The lowest BCUT2D eigenvalue weighted by molar-refractivity contribution is -0.149. The fourth-order valence-corrected chi connectivity index (χ4v) is 3.15. The number of carbonyl (C=O) groups excluding carboxylic acids is 1. The second-order valence-electron chi connectivity index (χ2n) is 6.40. The number of ether oxygens (including phenoxy) is 1. The molecule has 1 saturated carbocycles. The third kappa shape index (κ3) is 3.31. The zero-order valence-electron chi connectivity index (χ0n) is 13.9. The van der Waals surface area contributed by atoms with Gasteiger partial charge in [0.15, 0.2) is 6.10 Å². The number of pyridine rings is 1. The molecule has 0 aliphatic heterocycles. The molecule has 5 heteroatoms. The molecule has 0 bridgehead atoms. The molecular formula is C20H19N3O2.